The van der Waals surface area contributed by atoms with Crippen molar-refractivity contribution in [2.24, 2.45) is 0 Å². The Labute approximate surface area is 752 Å². The fraction of sp³-hybridized carbons (Fsp3) is 0.946. The SMILES string of the molecule is CC(=O)N[C@H]1[C@H](O[C@H]2[C@@H](O)[C@@H](CO[C@@H]3O[C@H](CO)[C@@H](O[C@@H]4O[C@H](CO)[C@H](O)[C@H](O)[C@H]4O)[C@H](O[C@@H]4O[C@@H](C)[C@@H](O)[C@@H](O)[C@@H]4O)[C@H]3NC(C)=O)O[C@@H](O[C@H]3[C@H](O)[C@@H](NC(C)=O)[C@H](OC[C@H]4O[C@@H](O[C@H]5[C@H](O)[C@@H](O)C(O)O[C@@H]5CO)[C@H](O)[C@@H](O[C@@H]5O[C@H](CO)[C@@H](O)[C@H](O[C@@H]6O[C@H](CO)[C@H](O)[C@H](O)[C@H]6O)[C@H]5NC(C)=O)[C@H]4O)O[C@@H]3CO)[C@@H]2O)O[C@H](CO)[C@@H](O[C@@H]2O[C@H](CO)[C@H](O)[C@H](O)[C@H]2O)[C@@H]1O. The quantitative estimate of drug-likeness (QED) is 0.0284. The first-order chi connectivity index (χ1) is 62.9. The molecular formula is C74H124N4O55. The van der Waals surface area contributed by atoms with Gasteiger partial charge in [-0.2, -0.15) is 0 Å². The van der Waals surface area contributed by atoms with E-state index in [1.165, 1.54) is 6.92 Å². The van der Waals surface area contributed by atoms with E-state index in [1.807, 2.05) is 0 Å². The molecule has 0 radical (unpaired) electrons. The zero-order valence-electron chi connectivity index (χ0n) is 71.4. The number of carbonyl (C=O) groups excluding carboxylic acids is 4. The number of aliphatic hydroxyl groups excluding tert-OH is 30. The number of hydrogen-bond donors (Lipinski definition) is 34. The summed E-state index contributed by atoms with van der Waals surface area (Å²) in [7, 11) is 0. The van der Waals surface area contributed by atoms with Crippen LogP contribution < -0.4 is 21.3 Å². The van der Waals surface area contributed by atoms with Crippen LogP contribution >= 0.6 is 0 Å². The van der Waals surface area contributed by atoms with Gasteiger partial charge in [-0.3, -0.25) is 19.2 Å². The number of amides is 4. The van der Waals surface area contributed by atoms with Gasteiger partial charge >= 0.3 is 0 Å². The molecule has 55 atom stereocenters. The largest absolute Gasteiger partial charge is 0.394 e. The Bertz CT molecular complexity index is 3630. The summed E-state index contributed by atoms with van der Waals surface area (Å²) in [5.41, 5.74) is 0. The average Bonchev–Trinajstić information content (AvgIpc) is 0.770. The molecule has 4 amide bonds. The minimum atomic E-state index is -2.59. The number of rotatable bonds is 34. The van der Waals surface area contributed by atoms with Gasteiger partial charge in [-0.25, -0.2) is 0 Å². The summed E-state index contributed by atoms with van der Waals surface area (Å²) in [6, 6.07) is -7.98. The number of ether oxygens (including phenoxy) is 21. The number of hydrogen-bond acceptors (Lipinski definition) is 55. The van der Waals surface area contributed by atoms with Crippen LogP contribution in [0.25, 0.3) is 0 Å². The third-order valence-electron chi connectivity index (χ3n) is 24.5. The molecule has 34 N–H and O–H groups in total. The van der Waals surface area contributed by atoms with Crippen molar-refractivity contribution in [3.8, 4) is 0 Å². The Kier molecular flexibility index (Phi) is 39.1. The van der Waals surface area contributed by atoms with E-state index >= 15 is 0 Å². The maximum Gasteiger partial charge on any atom is 0.217 e. The topological polar surface area (TPSA) is 917 Å². The predicted molar refractivity (Wildman–Crippen MR) is 407 cm³/mol. The fourth-order valence-electron chi connectivity index (χ4n) is 17.3. The first-order valence-corrected chi connectivity index (χ1v) is 42.5. The van der Waals surface area contributed by atoms with E-state index in [4.69, 9.17) is 99.5 Å². The Balaban J connectivity index is 0.918. The van der Waals surface area contributed by atoms with Crippen LogP contribution in [-0.4, -0.2) is 580 Å². The minimum absolute atomic E-state index is 0.892. The lowest BCUT2D eigenvalue weighted by atomic mass is 9.93. The van der Waals surface area contributed by atoms with Crippen LogP contribution in [-0.2, 0) is 119 Å². The molecular weight excluding hydrogens is 1820 g/mol. The molecule has 11 saturated heterocycles. The van der Waals surface area contributed by atoms with Gasteiger partial charge in [0.05, 0.1) is 72.2 Å². The molecule has 11 aliphatic rings. The summed E-state index contributed by atoms with van der Waals surface area (Å²) in [5, 5.41) is 343. The summed E-state index contributed by atoms with van der Waals surface area (Å²) >= 11 is 0. The molecule has 1 unspecified atom stereocenters. The van der Waals surface area contributed by atoms with Gasteiger partial charge in [0, 0.05) is 27.7 Å². The smallest absolute Gasteiger partial charge is 0.217 e. The van der Waals surface area contributed by atoms with Crippen molar-refractivity contribution in [2.45, 2.75) is 372 Å². The van der Waals surface area contributed by atoms with E-state index in [1.54, 1.807) is 0 Å². The van der Waals surface area contributed by atoms with Crippen molar-refractivity contribution in [3.63, 3.8) is 0 Å². The molecule has 0 aromatic heterocycles. The number of aliphatic hydroxyl groups is 30. The molecule has 11 fully saturated rings. The van der Waals surface area contributed by atoms with Crippen molar-refractivity contribution in [2.75, 3.05) is 66.1 Å². The molecule has 770 valence electrons. The maximum atomic E-state index is 13.5. The van der Waals surface area contributed by atoms with Crippen molar-refractivity contribution in [3.05, 3.63) is 0 Å². The monoisotopic (exact) mass is 1950 g/mol. The third-order valence-corrected chi connectivity index (χ3v) is 24.5. The standard InChI is InChI=1S/C74H124N4O55/c1-16-35(91)44(100)50(106)69(115-16)131-61-34(78-20(5)90)66(122-28(13-86)59(61)129-71-52(108)46(102)37(93)22(7-80)119-71)114-15-30-40(96)62(132-67-32(76-18(3)88)43(99)57(27(12-85)123-67)126-70-51(107)45(101)36(92)21(6-79)118-70)54(110)73(124-30)127-56-26(11-84)121-65(31(42(56)98)75-17(2)87)113-14-29-41(97)63(55(111)74(125-29)128-58-25(10-83)116-64(112)49(105)48(58)104)133-68-33(77-19(4)89)60(39(95)24(9-82)117-68)130-72-53(109)47(103)38(94)23(8-81)120-72/h16,21-74,79-86,91-112H,6-15H2,1-5H3,(H,75,87)(H,76,88)(H,77,89)(H,78,90)/t16-,21+,22+,23+,24+,25+,26+,27+,28+,29+,30+,31+,32+,33+,34+,35+,36-,37-,38-,39+,40-,41-,42+,43+,44+,45-,46-,47-,48+,49+,50-,51+,52+,53+,54+,55+,56+,57+,58+,59+,60+,61+,62-,63-,64?,65+,66+,67-,68-,69-,70-,71-,72-,73-,74-/m0/s1. The molecule has 59 heteroatoms. The molecule has 59 nitrogen and oxygen atoms in total. The van der Waals surface area contributed by atoms with E-state index in [2.05, 4.69) is 21.3 Å². The predicted octanol–water partition coefficient (Wildman–Crippen LogP) is -23.4. The van der Waals surface area contributed by atoms with Crippen LogP contribution in [0, 0.1) is 0 Å². The van der Waals surface area contributed by atoms with Gasteiger partial charge in [-0.05, 0) is 6.92 Å². The molecule has 11 aliphatic heterocycles. The highest BCUT2D eigenvalue weighted by Gasteiger charge is 2.63. The molecule has 0 spiro atoms. The number of carbonyl (C=O) groups is 4. The van der Waals surface area contributed by atoms with Gasteiger partial charge < -0.3 is 274 Å². The van der Waals surface area contributed by atoms with Gasteiger partial charge in [-0.1, -0.05) is 0 Å². The molecule has 0 aromatic carbocycles. The summed E-state index contributed by atoms with van der Waals surface area (Å²) in [6.07, 6.45) is -107. The van der Waals surface area contributed by atoms with Crippen LogP contribution in [0.15, 0.2) is 0 Å². The normalized spacial score (nSPS) is 50.1. The van der Waals surface area contributed by atoms with Gasteiger partial charge in [-0.15, -0.1) is 0 Å². The van der Waals surface area contributed by atoms with Crippen molar-refractivity contribution < 1.29 is 272 Å². The van der Waals surface area contributed by atoms with E-state index in [0.29, 0.717) is 0 Å². The molecule has 0 aromatic rings. The van der Waals surface area contributed by atoms with Crippen molar-refractivity contribution in [1.29, 1.82) is 0 Å². The van der Waals surface area contributed by atoms with E-state index in [9.17, 15) is 172 Å². The Morgan fingerprint density at radius 2 is 0.459 bits per heavy atom. The van der Waals surface area contributed by atoms with Crippen LogP contribution in [0.4, 0.5) is 0 Å². The minimum Gasteiger partial charge on any atom is -0.394 e. The van der Waals surface area contributed by atoms with Crippen LogP contribution in [0.1, 0.15) is 34.6 Å². The molecule has 11 heterocycles. The van der Waals surface area contributed by atoms with Gasteiger partial charge in [0.25, 0.3) is 0 Å². The Morgan fingerprint density at radius 1 is 0.211 bits per heavy atom. The molecule has 0 aliphatic carbocycles. The molecule has 0 saturated carbocycles. The summed E-state index contributed by atoms with van der Waals surface area (Å²) in [6.45, 7) is -6.42. The lowest BCUT2D eigenvalue weighted by Crippen LogP contribution is -2.71. The van der Waals surface area contributed by atoms with Gasteiger partial charge in [0.1, 0.15) is 262 Å². The van der Waals surface area contributed by atoms with Crippen LogP contribution in [0.2, 0.25) is 0 Å². The van der Waals surface area contributed by atoms with E-state index in [0.717, 1.165) is 27.7 Å². The zero-order chi connectivity index (χ0) is 97.8. The highest BCUT2D eigenvalue weighted by atomic mass is 16.8. The second kappa shape index (κ2) is 47.6. The number of nitrogens with one attached hydrogen (secondary N) is 4. The fourth-order valence-corrected chi connectivity index (χ4v) is 17.3. The maximum absolute atomic E-state index is 13.5. The van der Waals surface area contributed by atoms with Crippen LogP contribution in [0.3, 0.4) is 0 Å². The van der Waals surface area contributed by atoms with Gasteiger partial charge in [0.15, 0.2) is 69.2 Å². The van der Waals surface area contributed by atoms with Crippen LogP contribution in [0.5, 0.6) is 0 Å². The summed E-state index contributed by atoms with van der Waals surface area (Å²) < 4.78 is 125. The Morgan fingerprint density at radius 3 is 0.850 bits per heavy atom. The molecule has 133 heavy (non-hydrogen) atoms. The molecule has 11 rings (SSSR count). The van der Waals surface area contributed by atoms with Crippen molar-refractivity contribution in [1.82, 2.24) is 21.3 Å². The Hall–Kier alpha value is -4.16. The van der Waals surface area contributed by atoms with E-state index in [-0.39, 0.29) is 0 Å². The highest BCUT2D eigenvalue weighted by molar-refractivity contribution is 5.74. The third kappa shape index (κ3) is 24.1. The first-order valence-electron chi connectivity index (χ1n) is 42.5. The molecule has 0 bridgehead atoms. The highest BCUT2D eigenvalue weighted by Crippen LogP contribution is 2.42. The lowest BCUT2D eigenvalue weighted by Gasteiger charge is -2.51. The second-order valence-corrected chi connectivity index (χ2v) is 33.8. The zero-order valence-corrected chi connectivity index (χ0v) is 71.4. The van der Waals surface area contributed by atoms with Gasteiger partial charge in [0.2, 0.25) is 23.6 Å². The summed E-state index contributed by atoms with van der Waals surface area (Å²) in [4.78, 5) is 53.2. The summed E-state index contributed by atoms with van der Waals surface area (Å²) in [5.74, 6) is -3.99. The van der Waals surface area contributed by atoms with Crippen molar-refractivity contribution >= 4 is 23.6 Å². The first kappa shape index (κ1) is 109. The second-order valence-electron chi connectivity index (χ2n) is 33.8. The van der Waals surface area contributed by atoms with E-state index < -0.39 is 427 Å². The lowest BCUT2D eigenvalue weighted by molar-refractivity contribution is -0.388. The average molecular weight is 1950 g/mol.